The van der Waals surface area contributed by atoms with Gasteiger partial charge in [-0.05, 0) is 38.3 Å². The molecule has 0 atom stereocenters. The number of alkyl halides is 3. The first-order chi connectivity index (χ1) is 12.7. The Morgan fingerprint density at radius 3 is 2.56 bits per heavy atom. The van der Waals surface area contributed by atoms with Crippen LogP contribution in [0.5, 0.6) is 0 Å². The number of hydrogen-bond donors (Lipinski definition) is 1. The van der Waals surface area contributed by atoms with E-state index >= 15 is 0 Å². The van der Waals surface area contributed by atoms with E-state index in [1.165, 1.54) is 6.07 Å². The number of halogens is 3. The van der Waals surface area contributed by atoms with Gasteiger partial charge in [0, 0.05) is 25.3 Å². The van der Waals surface area contributed by atoms with Gasteiger partial charge in [-0.25, -0.2) is 0 Å². The van der Waals surface area contributed by atoms with E-state index in [4.69, 9.17) is 9.26 Å². The first-order valence-corrected chi connectivity index (χ1v) is 8.69. The van der Waals surface area contributed by atoms with Gasteiger partial charge in [-0.1, -0.05) is 23.4 Å². The summed E-state index contributed by atoms with van der Waals surface area (Å²) in [7, 11) is 0. The second-order valence-electron chi connectivity index (χ2n) is 6.76. The van der Waals surface area contributed by atoms with Gasteiger partial charge in [0.15, 0.2) is 0 Å². The zero-order valence-corrected chi connectivity index (χ0v) is 15.2. The molecule has 5 nitrogen and oxygen atoms in total. The molecule has 2 aromatic rings. The number of amides is 1. The van der Waals surface area contributed by atoms with Gasteiger partial charge in [0.05, 0.1) is 16.7 Å². The molecule has 1 aromatic carbocycles. The normalized spacial score (nSPS) is 16.9. The maximum Gasteiger partial charge on any atom is 0.416 e. The van der Waals surface area contributed by atoms with Gasteiger partial charge in [0.2, 0.25) is 5.91 Å². The topological polar surface area (TPSA) is 64.4 Å². The van der Waals surface area contributed by atoms with Gasteiger partial charge in [-0.15, -0.1) is 0 Å². The number of rotatable bonds is 4. The Morgan fingerprint density at radius 2 is 1.96 bits per heavy atom. The number of nitrogens with zero attached hydrogens (tertiary/aromatic N) is 1. The summed E-state index contributed by atoms with van der Waals surface area (Å²) in [6, 6.07) is 5.01. The fourth-order valence-corrected chi connectivity index (χ4v) is 3.45. The first-order valence-electron chi connectivity index (χ1n) is 8.69. The molecule has 0 bridgehead atoms. The standard InChI is InChI=1S/C19H21F3N2O3/c1-12-16(13(2)27-24-12)11-23-17(25)18(6-8-26-9-7-18)14-4-3-5-15(10-14)19(20,21)22/h3-5,10H,6-9,11H2,1-2H3,(H,23,25). The highest BCUT2D eigenvalue weighted by molar-refractivity contribution is 5.88. The number of benzene rings is 1. The second-order valence-corrected chi connectivity index (χ2v) is 6.76. The molecule has 1 aromatic heterocycles. The maximum atomic E-state index is 13.1. The minimum atomic E-state index is -4.46. The number of aryl methyl sites for hydroxylation is 2. The van der Waals surface area contributed by atoms with E-state index in [0.717, 1.165) is 17.7 Å². The van der Waals surface area contributed by atoms with Crippen LogP contribution in [0, 0.1) is 13.8 Å². The van der Waals surface area contributed by atoms with Gasteiger partial charge in [0.1, 0.15) is 5.76 Å². The van der Waals surface area contributed by atoms with E-state index in [1.807, 2.05) is 0 Å². The smallest absolute Gasteiger partial charge is 0.381 e. The van der Waals surface area contributed by atoms with Gasteiger partial charge >= 0.3 is 6.18 Å². The monoisotopic (exact) mass is 382 g/mol. The summed E-state index contributed by atoms with van der Waals surface area (Å²) >= 11 is 0. The van der Waals surface area contributed by atoms with Crippen LogP contribution >= 0.6 is 0 Å². The lowest BCUT2D eigenvalue weighted by molar-refractivity contribution is -0.138. The predicted octanol–water partition coefficient (Wildman–Crippen LogP) is 3.67. The lowest BCUT2D eigenvalue weighted by Crippen LogP contribution is -2.48. The van der Waals surface area contributed by atoms with Crippen molar-refractivity contribution in [3.05, 3.63) is 52.4 Å². The molecule has 0 saturated carbocycles. The van der Waals surface area contributed by atoms with Crippen LogP contribution in [0.3, 0.4) is 0 Å². The summed E-state index contributed by atoms with van der Waals surface area (Å²) in [5, 5.41) is 6.71. The lowest BCUT2D eigenvalue weighted by Gasteiger charge is -2.36. The Morgan fingerprint density at radius 1 is 1.26 bits per heavy atom. The van der Waals surface area contributed by atoms with Crippen molar-refractivity contribution in [2.75, 3.05) is 13.2 Å². The summed E-state index contributed by atoms with van der Waals surface area (Å²) in [6.07, 6.45) is -3.82. The van der Waals surface area contributed by atoms with E-state index in [1.54, 1.807) is 19.9 Å². The molecule has 1 aliphatic rings. The Bertz CT molecular complexity index is 804. The molecule has 0 aliphatic carbocycles. The predicted molar refractivity (Wildman–Crippen MR) is 91.0 cm³/mol. The molecule has 1 N–H and O–H groups in total. The van der Waals surface area contributed by atoms with Crippen LogP contribution in [0.25, 0.3) is 0 Å². The van der Waals surface area contributed by atoms with Crippen LogP contribution in [0.4, 0.5) is 13.2 Å². The van der Waals surface area contributed by atoms with Gasteiger partial charge in [0.25, 0.3) is 0 Å². The molecular weight excluding hydrogens is 361 g/mol. The number of hydrogen-bond acceptors (Lipinski definition) is 4. The van der Waals surface area contributed by atoms with E-state index in [0.29, 0.717) is 43.1 Å². The maximum absolute atomic E-state index is 13.1. The molecule has 1 fully saturated rings. The second kappa shape index (κ2) is 7.34. The zero-order valence-electron chi connectivity index (χ0n) is 15.2. The molecule has 1 saturated heterocycles. The molecule has 3 rings (SSSR count). The molecule has 1 amide bonds. The van der Waals surface area contributed by atoms with Gasteiger partial charge in [-0.2, -0.15) is 13.2 Å². The van der Waals surface area contributed by atoms with Gasteiger partial charge < -0.3 is 14.6 Å². The van der Waals surface area contributed by atoms with Gasteiger partial charge in [-0.3, -0.25) is 4.79 Å². The average molecular weight is 382 g/mol. The quantitative estimate of drug-likeness (QED) is 0.876. The largest absolute Gasteiger partial charge is 0.416 e. The molecule has 2 heterocycles. The summed E-state index contributed by atoms with van der Waals surface area (Å²) < 4.78 is 49.9. The third-order valence-electron chi connectivity index (χ3n) is 5.13. The molecule has 0 radical (unpaired) electrons. The summed E-state index contributed by atoms with van der Waals surface area (Å²) in [5.41, 5.74) is -0.0119. The Kier molecular flexibility index (Phi) is 5.28. The summed E-state index contributed by atoms with van der Waals surface area (Å²) in [6.45, 7) is 4.36. The van der Waals surface area contributed by atoms with E-state index in [9.17, 15) is 18.0 Å². The highest BCUT2D eigenvalue weighted by Gasteiger charge is 2.43. The Balaban J connectivity index is 1.90. The number of aromatic nitrogens is 1. The SMILES string of the molecule is Cc1noc(C)c1CNC(=O)C1(c2cccc(C(F)(F)F)c2)CCOCC1. The third-order valence-corrected chi connectivity index (χ3v) is 5.13. The highest BCUT2D eigenvalue weighted by atomic mass is 19.4. The summed E-state index contributed by atoms with van der Waals surface area (Å²) in [4.78, 5) is 13.1. The van der Waals surface area contributed by atoms with Crippen molar-refractivity contribution in [1.29, 1.82) is 0 Å². The van der Waals surface area contributed by atoms with Crippen LogP contribution in [-0.4, -0.2) is 24.3 Å². The Hall–Kier alpha value is -2.35. The van der Waals surface area contributed by atoms with Crippen molar-refractivity contribution in [3.63, 3.8) is 0 Å². The zero-order chi connectivity index (χ0) is 19.7. The molecule has 0 unspecified atom stereocenters. The summed E-state index contributed by atoms with van der Waals surface area (Å²) in [5.74, 6) is 0.290. The van der Waals surface area contributed by atoms with Crippen molar-refractivity contribution in [1.82, 2.24) is 10.5 Å². The van der Waals surface area contributed by atoms with Crippen molar-refractivity contribution in [3.8, 4) is 0 Å². The van der Waals surface area contributed by atoms with E-state index in [2.05, 4.69) is 10.5 Å². The minimum Gasteiger partial charge on any atom is -0.381 e. The lowest BCUT2D eigenvalue weighted by atomic mass is 9.73. The molecular formula is C19H21F3N2O3. The first kappa shape index (κ1) is 19.4. The van der Waals surface area contributed by atoms with Crippen LogP contribution in [0.1, 0.15) is 41.0 Å². The number of carbonyl (C=O) groups excluding carboxylic acids is 1. The molecule has 8 heteroatoms. The average Bonchev–Trinajstić information content (AvgIpc) is 2.97. The molecule has 27 heavy (non-hydrogen) atoms. The molecule has 1 aliphatic heterocycles. The third kappa shape index (κ3) is 3.85. The van der Waals surface area contributed by atoms with E-state index < -0.39 is 17.2 Å². The van der Waals surface area contributed by atoms with Crippen LogP contribution < -0.4 is 5.32 Å². The van der Waals surface area contributed by atoms with Crippen molar-refractivity contribution in [2.45, 2.75) is 44.8 Å². The van der Waals surface area contributed by atoms with Crippen LogP contribution in [0.15, 0.2) is 28.8 Å². The van der Waals surface area contributed by atoms with Crippen molar-refractivity contribution < 1.29 is 27.2 Å². The number of ether oxygens (including phenoxy) is 1. The number of carbonyl (C=O) groups is 1. The van der Waals surface area contributed by atoms with Crippen molar-refractivity contribution in [2.24, 2.45) is 0 Å². The fraction of sp³-hybridized carbons (Fsp3) is 0.474. The molecule has 146 valence electrons. The fourth-order valence-electron chi connectivity index (χ4n) is 3.45. The van der Waals surface area contributed by atoms with E-state index in [-0.39, 0.29) is 12.5 Å². The van der Waals surface area contributed by atoms with Crippen molar-refractivity contribution >= 4 is 5.91 Å². The number of nitrogens with one attached hydrogen (secondary N) is 1. The highest BCUT2D eigenvalue weighted by Crippen LogP contribution is 2.38. The minimum absolute atomic E-state index is 0.210. The molecule has 0 spiro atoms. The van der Waals surface area contributed by atoms with Crippen LogP contribution in [0.2, 0.25) is 0 Å². The Labute approximate surface area is 154 Å². The van der Waals surface area contributed by atoms with Crippen LogP contribution in [-0.2, 0) is 27.7 Å².